The van der Waals surface area contributed by atoms with Crippen molar-refractivity contribution < 1.29 is 4.79 Å². The molecule has 0 aromatic heterocycles. The average Bonchev–Trinajstić information content (AvgIpc) is 3.01. The summed E-state index contributed by atoms with van der Waals surface area (Å²) >= 11 is 5.89. The van der Waals surface area contributed by atoms with Crippen molar-refractivity contribution in [2.24, 2.45) is 0 Å². The van der Waals surface area contributed by atoms with E-state index in [1.165, 1.54) is 0 Å². The third-order valence-electron chi connectivity index (χ3n) is 2.76. The van der Waals surface area contributed by atoms with Crippen LogP contribution in [0.1, 0.15) is 30.1 Å². The van der Waals surface area contributed by atoms with Crippen molar-refractivity contribution in [3.63, 3.8) is 0 Å². The van der Waals surface area contributed by atoms with E-state index in [4.69, 9.17) is 17.3 Å². The number of rotatable bonds is 3. The summed E-state index contributed by atoms with van der Waals surface area (Å²) in [6.07, 6.45) is 2.21. The van der Waals surface area contributed by atoms with Crippen molar-refractivity contribution in [3.8, 4) is 0 Å². The number of hydrogen-bond donors (Lipinski definition) is 1. The Hall–Kier alpha value is -1.22. The summed E-state index contributed by atoms with van der Waals surface area (Å²) in [4.78, 5) is 14.1. The lowest BCUT2D eigenvalue weighted by atomic mass is 10.1. The highest BCUT2D eigenvalue weighted by molar-refractivity contribution is 6.31. The predicted molar refractivity (Wildman–Crippen MR) is 65.6 cm³/mol. The molecule has 0 spiro atoms. The fraction of sp³-hybridized carbons (Fsp3) is 0.417. The summed E-state index contributed by atoms with van der Waals surface area (Å²) < 4.78 is 0. The molecule has 1 saturated carbocycles. The molecule has 0 radical (unpaired) electrons. The van der Waals surface area contributed by atoms with Gasteiger partial charge in [0.25, 0.3) is 5.91 Å². The van der Waals surface area contributed by atoms with Crippen LogP contribution in [0.5, 0.6) is 0 Å². The Bertz CT molecular complexity index is 395. The van der Waals surface area contributed by atoms with Crippen LogP contribution in [0.3, 0.4) is 0 Å². The van der Waals surface area contributed by atoms with E-state index in [0.717, 1.165) is 19.4 Å². The highest BCUT2D eigenvalue weighted by Crippen LogP contribution is 2.28. The van der Waals surface area contributed by atoms with Gasteiger partial charge in [0.2, 0.25) is 0 Å². The van der Waals surface area contributed by atoms with E-state index in [9.17, 15) is 4.79 Å². The molecule has 0 atom stereocenters. The first-order valence-electron chi connectivity index (χ1n) is 5.49. The van der Waals surface area contributed by atoms with E-state index < -0.39 is 0 Å². The smallest absolute Gasteiger partial charge is 0.254 e. The van der Waals surface area contributed by atoms with Gasteiger partial charge in [0.15, 0.2) is 0 Å². The number of nitrogens with zero attached hydrogens (tertiary/aromatic N) is 1. The molecule has 86 valence electrons. The summed E-state index contributed by atoms with van der Waals surface area (Å²) in [5.74, 6) is 0.0270. The highest BCUT2D eigenvalue weighted by atomic mass is 35.5. The van der Waals surface area contributed by atoms with Crippen molar-refractivity contribution in [1.82, 2.24) is 4.90 Å². The van der Waals surface area contributed by atoms with E-state index in [1.54, 1.807) is 18.2 Å². The van der Waals surface area contributed by atoms with Crippen LogP contribution in [-0.2, 0) is 0 Å². The first kappa shape index (κ1) is 11.3. The van der Waals surface area contributed by atoms with E-state index in [-0.39, 0.29) is 5.91 Å². The second kappa shape index (κ2) is 4.34. The maximum Gasteiger partial charge on any atom is 0.254 e. The zero-order valence-electron chi connectivity index (χ0n) is 9.24. The molecule has 2 rings (SSSR count). The van der Waals surface area contributed by atoms with E-state index >= 15 is 0 Å². The molecule has 3 nitrogen and oxygen atoms in total. The standard InChI is InChI=1S/C12H15ClN2O/c1-2-15(11-3-4-11)12(16)8-5-9(13)7-10(14)6-8/h5-7,11H,2-4,14H2,1H3. The monoisotopic (exact) mass is 238 g/mol. The quantitative estimate of drug-likeness (QED) is 0.823. The third kappa shape index (κ3) is 2.30. The lowest BCUT2D eigenvalue weighted by molar-refractivity contribution is 0.0752. The third-order valence-corrected chi connectivity index (χ3v) is 2.97. The molecule has 1 aliphatic rings. The molecule has 2 N–H and O–H groups in total. The van der Waals surface area contributed by atoms with Crippen LogP contribution in [-0.4, -0.2) is 23.4 Å². The Labute approximate surface area is 100 Å². The lowest BCUT2D eigenvalue weighted by Gasteiger charge is -2.20. The molecule has 0 aliphatic heterocycles. The molecule has 1 fully saturated rings. The van der Waals surface area contributed by atoms with Gasteiger partial charge < -0.3 is 10.6 Å². The van der Waals surface area contributed by atoms with Gasteiger partial charge in [0.1, 0.15) is 0 Å². The average molecular weight is 239 g/mol. The van der Waals surface area contributed by atoms with Crippen molar-refractivity contribution in [2.75, 3.05) is 12.3 Å². The SMILES string of the molecule is CCN(C(=O)c1cc(N)cc(Cl)c1)C1CC1. The Morgan fingerprint density at radius 1 is 1.50 bits per heavy atom. The summed E-state index contributed by atoms with van der Waals surface area (Å²) in [6.45, 7) is 2.72. The molecule has 1 amide bonds. The van der Waals surface area contributed by atoms with Crippen LogP contribution in [0, 0.1) is 0 Å². The number of benzene rings is 1. The number of carbonyl (C=O) groups is 1. The molecule has 16 heavy (non-hydrogen) atoms. The predicted octanol–water partition coefficient (Wildman–Crippen LogP) is 2.55. The van der Waals surface area contributed by atoms with Crippen LogP contribution in [0.25, 0.3) is 0 Å². The molecule has 1 aromatic carbocycles. The van der Waals surface area contributed by atoms with Crippen LogP contribution in [0.2, 0.25) is 5.02 Å². The maximum atomic E-state index is 12.2. The van der Waals surface area contributed by atoms with Gasteiger partial charge >= 0.3 is 0 Å². The molecule has 0 heterocycles. The van der Waals surface area contributed by atoms with E-state index in [1.807, 2.05) is 11.8 Å². The van der Waals surface area contributed by atoms with Gasteiger partial charge in [-0.2, -0.15) is 0 Å². The van der Waals surface area contributed by atoms with Gasteiger partial charge in [-0.25, -0.2) is 0 Å². The fourth-order valence-electron chi connectivity index (χ4n) is 1.86. The fourth-order valence-corrected chi connectivity index (χ4v) is 2.10. The number of hydrogen-bond acceptors (Lipinski definition) is 2. The van der Waals surface area contributed by atoms with Gasteiger partial charge in [-0.3, -0.25) is 4.79 Å². The Kier molecular flexibility index (Phi) is 3.06. The lowest BCUT2D eigenvalue weighted by Crippen LogP contribution is -2.32. The number of anilines is 1. The van der Waals surface area contributed by atoms with Crippen LogP contribution in [0.15, 0.2) is 18.2 Å². The van der Waals surface area contributed by atoms with Crippen LogP contribution >= 0.6 is 11.6 Å². The zero-order chi connectivity index (χ0) is 11.7. The van der Waals surface area contributed by atoms with Crippen LogP contribution in [0.4, 0.5) is 5.69 Å². The Balaban J connectivity index is 2.24. The minimum atomic E-state index is 0.0270. The van der Waals surface area contributed by atoms with Crippen molar-refractivity contribution in [1.29, 1.82) is 0 Å². The van der Waals surface area contributed by atoms with Crippen molar-refractivity contribution >= 4 is 23.2 Å². The van der Waals surface area contributed by atoms with E-state index in [2.05, 4.69) is 0 Å². The van der Waals surface area contributed by atoms with Gasteiger partial charge in [-0.15, -0.1) is 0 Å². The van der Waals surface area contributed by atoms with E-state index in [0.29, 0.717) is 22.3 Å². The molecular weight excluding hydrogens is 224 g/mol. The Morgan fingerprint density at radius 2 is 2.19 bits per heavy atom. The minimum absolute atomic E-state index is 0.0270. The van der Waals surface area contributed by atoms with Gasteiger partial charge in [-0.1, -0.05) is 11.6 Å². The number of carbonyl (C=O) groups excluding carboxylic acids is 1. The summed E-state index contributed by atoms with van der Waals surface area (Å²) in [5.41, 5.74) is 6.79. The van der Waals surface area contributed by atoms with Gasteiger partial charge in [-0.05, 0) is 38.0 Å². The molecular formula is C12H15ClN2O. The largest absolute Gasteiger partial charge is 0.399 e. The maximum absolute atomic E-state index is 12.2. The number of halogens is 1. The van der Waals surface area contributed by atoms with Crippen molar-refractivity contribution in [2.45, 2.75) is 25.8 Å². The summed E-state index contributed by atoms with van der Waals surface area (Å²) in [6, 6.07) is 5.41. The normalized spacial score (nSPS) is 14.9. The number of amides is 1. The topological polar surface area (TPSA) is 46.3 Å². The zero-order valence-corrected chi connectivity index (χ0v) is 10.00. The second-order valence-electron chi connectivity index (χ2n) is 4.10. The summed E-state index contributed by atoms with van der Waals surface area (Å²) in [7, 11) is 0. The van der Waals surface area contributed by atoms with Gasteiger partial charge in [0, 0.05) is 28.9 Å². The molecule has 1 aromatic rings. The molecule has 0 unspecified atom stereocenters. The first-order valence-corrected chi connectivity index (χ1v) is 5.86. The van der Waals surface area contributed by atoms with Crippen molar-refractivity contribution in [3.05, 3.63) is 28.8 Å². The number of nitrogen functional groups attached to an aromatic ring is 1. The molecule has 4 heteroatoms. The van der Waals surface area contributed by atoms with Crippen LogP contribution < -0.4 is 5.73 Å². The highest BCUT2D eigenvalue weighted by Gasteiger charge is 2.31. The summed E-state index contributed by atoms with van der Waals surface area (Å²) in [5, 5.41) is 0.509. The molecule has 1 aliphatic carbocycles. The molecule has 0 saturated heterocycles. The first-order chi connectivity index (χ1) is 7.61. The number of nitrogens with two attached hydrogens (primary N) is 1. The van der Waals surface area contributed by atoms with Gasteiger partial charge in [0.05, 0.1) is 0 Å². The molecule has 0 bridgehead atoms. The Morgan fingerprint density at radius 3 is 2.69 bits per heavy atom. The minimum Gasteiger partial charge on any atom is -0.399 e. The second-order valence-corrected chi connectivity index (χ2v) is 4.53.